The van der Waals surface area contributed by atoms with Gasteiger partial charge in [0.05, 0.1) is 36.0 Å². The van der Waals surface area contributed by atoms with Gasteiger partial charge in [-0.2, -0.15) is 18.3 Å². The molecule has 0 aliphatic heterocycles. The Morgan fingerprint density at radius 1 is 1.15 bits per heavy atom. The minimum absolute atomic E-state index is 0.00868. The number of aryl methyl sites for hydroxylation is 1. The predicted molar refractivity (Wildman–Crippen MR) is 109 cm³/mol. The Morgan fingerprint density at radius 2 is 1.88 bits per heavy atom. The SMILES string of the molecule is CNC(=O)c1c(C)nn(-c2cc(Cc3cc(F)cc(C(F)(F)F)c3)ccn2)c1CC(=O)OC. The topological polar surface area (TPSA) is 86.1 Å². The van der Waals surface area contributed by atoms with Crippen LogP contribution in [0.5, 0.6) is 0 Å². The number of amides is 1. The number of halogens is 4. The molecule has 0 aliphatic rings. The first-order chi connectivity index (χ1) is 15.5. The van der Waals surface area contributed by atoms with Gasteiger partial charge in [0.1, 0.15) is 5.82 Å². The maximum absolute atomic E-state index is 13.8. The minimum Gasteiger partial charge on any atom is -0.469 e. The first-order valence-electron chi connectivity index (χ1n) is 9.72. The Morgan fingerprint density at radius 3 is 2.52 bits per heavy atom. The number of rotatable bonds is 6. The second kappa shape index (κ2) is 9.39. The van der Waals surface area contributed by atoms with Crippen molar-refractivity contribution in [2.75, 3.05) is 14.2 Å². The van der Waals surface area contributed by atoms with Crippen LogP contribution in [-0.4, -0.2) is 40.8 Å². The normalized spacial score (nSPS) is 11.4. The quantitative estimate of drug-likeness (QED) is 0.447. The van der Waals surface area contributed by atoms with E-state index in [4.69, 9.17) is 4.74 Å². The first kappa shape index (κ1) is 23.9. The van der Waals surface area contributed by atoms with E-state index in [1.165, 1.54) is 25.0 Å². The van der Waals surface area contributed by atoms with E-state index in [9.17, 15) is 27.2 Å². The Bertz CT molecular complexity index is 1200. The van der Waals surface area contributed by atoms with Crippen molar-refractivity contribution < 1.29 is 31.9 Å². The zero-order chi connectivity index (χ0) is 24.3. The number of alkyl halides is 3. The molecule has 1 N–H and O–H groups in total. The van der Waals surface area contributed by atoms with Crippen molar-refractivity contribution >= 4 is 11.9 Å². The van der Waals surface area contributed by atoms with Crippen molar-refractivity contribution in [1.29, 1.82) is 0 Å². The highest BCUT2D eigenvalue weighted by molar-refractivity contribution is 5.97. The maximum Gasteiger partial charge on any atom is 0.416 e. The van der Waals surface area contributed by atoms with Crippen LogP contribution in [0.3, 0.4) is 0 Å². The molecule has 0 radical (unpaired) electrons. The molecular weight excluding hydrogens is 444 g/mol. The number of nitrogens with one attached hydrogen (secondary N) is 1. The molecule has 0 unspecified atom stereocenters. The number of methoxy groups -OCH3 is 1. The standard InChI is InChI=1S/C22H20F4N4O3/c1-12-20(21(32)27-2)17(11-19(31)33-3)30(29-12)18-9-13(4-5-28-18)6-14-7-15(22(24,25)26)10-16(23)8-14/h4-5,7-10H,6,11H2,1-3H3,(H,27,32). The van der Waals surface area contributed by atoms with Crippen molar-refractivity contribution in [3.8, 4) is 5.82 Å². The summed E-state index contributed by atoms with van der Waals surface area (Å²) >= 11 is 0. The number of ether oxygens (including phenoxy) is 1. The highest BCUT2D eigenvalue weighted by Crippen LogP contribution is 2.31. The number of hydrogen-bond acceptors (Lipinski definition) is 5. The van der Waals surface area contributed by atoms with Gasteiger partial charge in [0.15, 0.2) is 5.82 Å². The number of carbonyl (C=O) groups excluding carboxylic acids is 2. The number of benzene rings is 1. The van der Waals surface area contributed by atoms with Crippen molar-refractivity contribution in [2.45, 2.75) is 25.9 Å². The summed E-state index contributed by atoms with van der Waals surface area (Å²) in [6.45, 7) is 1.59. The summed E-state index contributed by atoms with van der Waals surface area (Å²) in [5.74, 6) is -1.81. The van der Waals surface area contributed by atoms with Gasteiger partial charge >= 0.3 is 12.1 Å². The summed E-state index contributed by atoms with van der Waals surface area (Å²) in [6.07, 6.45) is -3.53. The number of hydrogen-bond donors (Lipinski definition) is 1. The second-order valence-corrected chi connectivity index (χ2v) is 7.20. The van der Waals surface area contributed by atoms with Crippen molar-refractivity contribution in [2.24, 2.45) is 0 Å². The van der Waals surface area contributed by atoms with Crippen molar-refractivity contribution in [3.05, 3.63) is 76.0 Å². The van der Waals surface area contributed by atoms with Gasteiger partial charge in [-0.25, -0.2) is 14.1 Å². The van der Waals surface area contributed by atoms with E-state index in [1.54, 1.807) is 19.1 Å². The fraction of sp³-hybridized carbons (Fsp3) is 0.273. The van der Waals surface area contributed by atoms with Crippen LogP contribution in [0, 0.1) is 12.7 Å². The molecule has 3 aromatic rings. The number of nitrogens with zero attached hydrogens (tertiary/aromatic N) is 3. The lowest BCUT2D eigenvalue weighted by atomic mass is 10.0. The van der Waals surface area contributed by atoms with Gasteiger partial charge in [-0.1, -0.05) is 0 Å². The molecule has 174 valence electrons. The maximum atomic E-state index is 13.8. The van der Waals surface area contributed by atoms with Gasteiger partial charge in [-0.3, -0.25) is 9.59 Å². The molecule has 0 spiro atoms. The molecule has 33 heavy (non-hydrogen) atoms. The van der Waals surface area contributed by atoms with E-state index in [0.717, 1.165) is 12.1 Å². The number of esters is 1. The molecular formula is C22H20F4N4O3. The van der Waals surface area contributed by atoms with E-state index in [1.807, 2.05) is 0 Å². The molecule has 0 atom stereocenters. The molecule has 3 rings (SSSR count). The summed E-state index contributed by atoms with van der Waals surface area (Å²) < 4.78 is 58.9. The molecule has 0 aliphatic carbocycles. The van der Waals surface area contributed by atoms with Gasteiger partial charge in [-0.15, -0.1) is 0 Å². The van der Waals surface area contributed by atoms with Crippen LogP contribution >= 0.6 is 0 Å². The van der Waals surface area contributed by atoms with E-state index in [2.05, 4.69) is 15.4 Å². The van der Waals surface area contributed by atoms with Crippen LogP contribution in [0.2, 0.25) is 0 Å². The summed E-state index contributed by atoms with van der Waals surface area (Å²) in [5, 5.41) is 6.82. The monoisotopic (exact) mass is 464 g/mol. The number of aromatic nitrogens is 3. The molecule has 0 saturated heterocycles. The average Bonchev–Trinajstić information content (AvgIpc) is 3.08. The molecule has 7 nitrogen and oxygen atoms in total. The molecule has 0 saturated carbocycles. The van der Waals surface area contributed by atoms with Crippen molar-refractivity contribution in [3.63, 3.8) is 0 Å². The van der Waals surface area contributed by atoms with E-state index in [-0.39, 0.29) is 35.5 Å². The molecule has 2 heterocycles. The smallest absolute Gasteiger partial charge is 0.416 e. The van der Waals surface area contributed by atoms with Crippen LogP contribution < -0.4 is 5.32 Å². The van der Waals surface area contributed by atoms with E-state index >= 15 is 0 Å². The lowest BCUT2D eigenvalue weighted by molar-refractivity contribution is -0.140. The van der Waals surface area contributed by atoms with Gasteiger partial charge in [0.25, 0.3) is 5.91 Å². The lowest BCUT2D eigenvalue weighted by Gasteiger charge is -2.11. The van der Waals surface area contributed by atoms with Gasteiger partial charge in [0.2, 0.25) is 0 Å². The third-order valence-electron chi connectivity index (χ3n) is 4.87. The predicted octanol–water partition coefficient (Wildman–Crippen LogP) is 3.40. The Hall–Kier alpha value is -3.76. The highest BCUT2D eigenvalue weighted by Gasteiger charge is 2.31. The van der Waals surface area contributed by atoms with E-state index < -0.39 is 29.4 Å². The minimum atomic E-state index is -4.67. The largest absolute Gasteiger partial charge is 0.469 e. The second-order valence-electron chi connectivity index (χ2n) is 7.20. The summed E-state index contributed by atoms with van der Waals surface area (Å²) in [6, 6.07) is 5.46. The third-order valence-corrected chi connectivity index (χ3v) is 4.87. The fourth-order valence-corrected chi connectivity index (χ4v) is 3.40. The van der Waals surface area contributed by atoms with Crippen molar-refractivity contribution in [1.82, 2.24) is 20.1 Å². The molecule has 2 aromatic heterocycles. The van der Waals surface area contributed by atoms with Crippen LogP contribution in [0.15, 0.2) is 36.5 Å². The molecule has 1 aromatic carbocycles. The zero-order valence-corrected chi connectivity index (χ0v) is 18.0. The Labute approximate surface area is 186 Å². The lowest BCUT2D eigenvalue weighted by Crippen LogP contribution is -2.22. The van der Waals surface area contributed by atoms with Crippen LogP contribution in [0.1, 0.15) is 38.4 Å². The molecule has 11 heteroatoms. The highest BCUT2D eigenvalue weighted by atomic mass is 19.4. The Balaban J connectivity index is 2.03. The van der Waals surface area contributed by atoms with Crippen LogP contribution in [-0.2, 0) is 28.5 Å². The third kappa shape index (κ3) is 5.36. The summed E-state index contributed by atoms with van der Waals surface area (Å²) in [5.41, 5.74) is 0.350. The number of pyridine rings is 1. The van der Waals surface area contributed by atoms with Gasteiger partial charge in [-0.05, 0) is 54.8 Å². The number of carbonyl (C=O) groups is 2. The fourth-order valence-electron chi connectivity index (χ4n) is 3.40. The summed E-state index contributed by atoms with van der Waals surface area (Å²) in [4.78, 5) is 28.5. The van der Waals surface area contributed by atoms with Gasteiger partial charge in [0, 0.05) is 13.2 Å². The van der Waals surface area contributed by atoms with Crippen LogP contribution in [0.4, 0.5) is 17.6 Å². The zero-order valence-electron chi connectivity index (χ0n) is 18.0. The van der Waals surface area contributed by atoms with Gasteiger partial charge < -0.3 is 10.1 Å². The molecule has 1 amide bonds. The molecule has 0 bridgehead atoms. The average molecular weight is 464 g/mol. The Kier molecular flexibility index (Phi) is 6.80. The van der Waals surface area contributed by atoms with E-state index in [0.29, 0.717) is 17.3 Å². The first-order valence-corrected chi connectivity index (χ1v) is 9.72. The molecule has 0 fully saturated rings. The summed E-state index contributed by atoms with van der Waals surface area (Å²) in [7, 11) is 2.65. The van der Waals surface area contributed by atoms with Crippen LogP contribution in [0.25, 0.3) is 5.82 Å².